The molecule has 2 aromatic carbocycles. The number of carbonyl (C=O) groups is 3. The number of piperidine rings is 1. The maximum Gasteiger partial charge on any atom is 0.286 e. The highest BCUT2D eigenvalue weighted by Gasteiger charge is 2.31. The lowest BCUT2D eigenvalue weighted by Gasteiger charge is -2.31. The molecule has 0 saturated carbocycles. The molecule has 33 heavy (non-hydrogen) atoms. The molecule has 3 amide bonds. The van der Waals surface area contributed by atoms with Crippen LogP contribution in [-0.4, -0.2) is 45.9 Å². The van der Waals surface area contributed by atoms with Crippen LogP contribution in [0, 0.1) is 12.8 Å². The van der Waals surface area contributed by atoms with Crippen LogP contribution in [0.5, 0.6) is 0 Å². The van der Waals surface area contributed by atoms with Gasteiger partial charge in [0.1, 0.15) is 0 Å². The molecule has 10 heteroatoms. The fraction of sp³-hybridized carbons (Fsp3) is 0.261. The van der Waals surface area contributed by atoms with E-state index in [4.69, 9.17) is 11.6 Å². The normalized spacial score (nSPS) is 15.7. The number of carbonyl (C=O) groups excluding carboxylic acids is 3. The standard InChI is InChI=1S/C23H22ClN5O3S/c1-14-6-2-3-10-18(14)26-19(30)15-7-5-11-29(13-15)23(32)22-28-27-21(33-22)20(31)25-17-9-4-8-16(24)12-17/h2-4,6,8-10,12,15H,5,7,11,13H2,1H3,(H,25,31)(H,26,30)/t15-/m0/s1. The van der Waals surface area contributed by atoms with Crippen molar-refractivity contribution in [3.8, 4) is 0 Å². The first kappa shape index (κ1) is 22.9. The van der Waals surface area contributed by atoms with E-state index in [1.165, 1.54) is 0 Å². The van der Waals surface area contributed by atoms with Gasteiger partial charge in [0.2, 0.25) is 15.9 Å². The van der Waals surface area contributed by atoms with Gasteiger partial charge in [0, 0.05) is 29.5 Å². The highest BCUT2D eigenvalue weighted by Crippen LogP contribution is 2.23. The minimum Gasteiger partial charge on any atom is -0.336 e. The first-order valence-corrected chi connectivity index (χ1v) is 11.7. The number of hydrogen-bond acceptors (Lipinski definition) is 6. The van der Waals surface area contributed by atoms with Crippen LogP contribution < -0.4 is 10.6 Å². The zero-order chi connectivity index (χ0) is 23.4. The predicted octanol–water partition coefficient (Wildman–Crippen LogP) is 4.24. The number of nitrogens with one attached hydrogen (secondary N) is 2. The molecule has 0 aliphatic carbocycles. The van der Waals surface area contributed by atoms with Crippen LogP contribution >= 0.6 is 22.9 Å². The highest BCUT2D eigenvalue weighted by atomic mass is 35.5. The Balaban J connectivity index is 1.39. The van der Waals surface area contributed by atoms with E-state index in [-0.39, 0.29) is 27.7 Å². The molecule has 0 spiro atoms. The SMILES string of the molecule is Cc1ccccc1NC(=O)[C@H]1CCCN(C(=O)c2nnc(C(=O)Nc3cccc(Cl)c3)s2)C1. The number of aryl methyl sites for hydroxylation is 1. The number of halogens is 1. The fourth-order valence-corrected chi connectivity index (χ4v) is 4.51. The van der Waals surface area contributed by atoms with Gasteiger partial charge in [0.05, 0.1) is 5.92 Å². The molecule has 4 rings (SSSR count). The van der Waals surface area contributed by atoms with E-state index in [1.807, 2.05) is 31.2 Å². The summed E-state index contributed by atoms with van der Waals surface area (Å²) in [6.45, 7) is 2.75. The van der Waals surface area contributed by atoms with Crippen molar-refractivity contribution in [2.45, 2.75) is 19.8 Å². The van der Waals surface area contributed by atoms with Crippen LogP contribution in [0.4, 0.5) is 11.4 Å². The number of nitrogens with zero attached hydrogens (tertiary/aromatic N) is 3. The van der Waals surface area contributed by atoms with E-state index in [9.17, 15) is 14.4 Å². The summed E-state index contributed by atoms with van der Waals surface area (Å²) in [6, 6.07) is 14.3. The summed E-state index contributed by atoms with van der Waals surface area (Å²) in [7, 11) is 0. The quantitative estimate of drug-likeness (QED) is 0.564. The number of hydrogen-bond donors (Lipinski definition) is 2. The third-order valence-corrected chi connectivity index (χ3v) is 6.51. The third kappa shape index (κ3) is 5.55. The number of likely N-dealkylation sites (tertiary alicyclic amines) is 1. The van der Waals surface area contributed by atoms with Crippen molar-refractivity contribution in [1.29, 1.82) is 0 Å². The molecule has 1 aliphatic heterocycles. The lowest BCUT2D eigenvalue weighted by Crippen LogP contribution is -2.43. The van der Waals surface area contributed by atoms with Gasteiger partial charge >= 0.3 is 0 Å². The summed E-state index contributed by atoms with van der Waals surface area (Å²) < 4.78 is 0. The summed E-state index contributed by atoms with van der Waals surface area (Å²) >= 11 is 6.86. The molecule has 1 fully saturated rings. The van der Waals surface area contributed by atoms with Crippen LogP contribution in [-0.2, 0) is 4.79 Å². The van der Waals surface area contributed by atoms with Crippen LogP contribution in [0.15, 0.2) is 48.5 Å². The second-order valence-electron chi connectivity index (χ2n) is 7.77. The molecule has 170 valence electrons. The number of anilines is 2. The topological polar surface area (TPSA) is 104 Å². The number of amides is 3. The Bertz CT molecular complexity index is 1200. The fourth-order valence-electron chi connectivity index (χ4n) is 3.61. The zero-order valence-corrected chi connectivity index (χ0v) is 19.4. The van der Waals surface area contributed by atoms with Gasteiger partial charge in [0.25, 0.3) is 11.8 Å². The van der Waals surface area contributed by atoms with Crippen molar-refractivity contribution in [3.05, 3.63) is 69.1 Å². The molecule has 3 aromatic rings. The molecule has 2 N–H and O–H groups in total. The zero-order valence-electron chi connectivity index (χ0n) is 17.9. The molecule has 1 saturated heterocycles. The highest BCUT2D eigenvalue weighted by molar-refractivity contribution is 7.15. The van der Waals surface area contributed by atoms with Crippen LogP contribution in [0.2, 0.25) is 5.02 Å². The van der Waals surface area contributed by atoms with Crippen molar-refractivity contribution in [1.82, 2.24) is 15.1 Å². The maximum absolute atomic E-state index is 13.0. The minimum atomic E-state index is -0.469. The van der Waals surface area contributed by atoms with Gasteiger partial charge in [-0.3, -0.25) is 14.4 Å². The Hall–Kier alpha value is -3.30. The summed E-state index contributed by atoms with van der Waals surface area (Å²) in [5.74, 6) is -1.23. The third-order valence-electron chi connectivity index (χ3n) is 5.37. The molecule has 1 aliphatic rings. The smallest absolute Gasteiger partial charge is 0.286 e. The molecule has 0 bridgehead atoms. The molecular weight excluding hydrogens is 462 g/mol. The number of benzene rings is 2. The van der Waals surface area contributed by atoms with E-state index in [1.54, 1.807) is 29.2 Å². The number of aromatic nitrogens is 2. The Morgan fingerprint density at radius 3 is 2.64 bits per heavy atom. The van der Waals surface area contributed by atoms with Gasteiger partial charge in [-0.1, -0.05) is 47.2 Å². The maximum atomic E-state index is 13.0. The van der Waals surface area contributed by atoms with Gasteiger partial charge in [-0.2, -0.15) is 0 Å². The molecule has 0 unspecified atom stereocenters. The first-order chi connectivity index (χ1) is 15.9. The second kappa shape index (κ2) is 10.1. The van der Waals surface area contributed by atoms with Crippen LogP contribution in [0.25, 0.3) is 0 Å². The minimum absolute atomic E-state index is 0.0733. The summed E-state index contributed by atoms with van der Waals surface area (Å²) in [5.41, 5.74) is 2.27. The molecule has 1 aromatic heterocycles. The Morgan fingerprint density at radius 2 is 1.85 bits per heavy atom. The summed E-state index contributed by atoms with van der Waals surface area (Å²) in [4.78, 5) is 39.8. The Morgan fingerprint density at radius 1 is 1.06 bits per heavy atom. The molecule has 2 heterocycles. The van der Waals surface area contributed by atoms with E-state index in [2.05, 4.69) is 20.8 Å². The molecule has 8 nitrogen and oxygen atoms in total. The van der Waals surface area contributed by atoms with E-state index >= 15 is 0 Å². The van der Waals surface area contributed by atoms with Gasteiger partial charge < -0.3 is 15.5 Å². The van der Waals surface area contributed by atoms with Crippen molar-refractivity contribution in [3.63, 3.8) is 0 Å². The van der Waals surface area contributed by atoms with Gasteiger partial charge in [0.15, 0.2) is 0 Å². The lowest BCUT2D eigenvalue weighted by atomic mass is 9.97. The van der Waals surface area contributed by atoms with Crippen molar-refractivity contribution >= 4 is 52.0 Å². The molecular formula is C23H22ClN5O3S. The average molecular weight is 484 g/mol. The lowest BCUT2D eigenvalue weighted by molar-refractivity contribution is -0.121. The second-order valence-corrected chi connectivity index (χ2v) is 9.19. The van der Waals surface area contributed by atoms with Crippen molar-refractivity contribution in [2.75, 3.05) is 23.7 Å². The first-order valence-electron chi connectivity index (χ1n) is 10.5. The van der Waals surface area contributed by atoms with Crippen LogP contribution in [0.3, 0.4) is 0 Å². The number of rotatable bonds is 5. The molecule has 1 atom stereocenters. The Kier molecular flexibility index (Phi) is 7.00. The predicted molar refractivity (Wildman–Crippen MR) is 128 cm³/mol. The molecule has 0 radical (unpaired) electrons. The van der Waals surface area contributed by atoms with Gasteiger partial charge in [-0.25, -0.2) is 0 Å². The Labute approximate surface area is 200 Å². The largest absolute Gasteiger partial charge is 0.336 e. The van der Waals surface area contributed by atoms with Crippen molar-refractivity contribution < 1.29 is 14.4 Å². The summed E-state index contributed by atoms with van der Waals surface area (Å²) in [5, 5.41) is 14.1. The van der Waals surface area contributed by atoms with Crippen molar-refractivity contribution in [2.24, 2.45) is 5.92 Å². The average Bonchev–Trinajstić information content (AvgIpc) is 3.31. The van der Waals surface area contributed by atoms with Gasteiger partial charge in [-0.15, -0.1) is 10.2 Å². The van der Waals surface area contributed by atoms with E-state index in [0.29, 0.717) is 36.6 Å². The van der Waals surface area contributed by atoms with E-state index < -0.39 is 5.91 Å². The summed E-state index contributed by atoms with van der Waals surface area (Å²) in [6.07, 6.45) is 1.41. The van der Waals surface area contributed by atoms with Crippen LogP contribution in [0.1, 0.15) is 38.0 Å². The monoisotopic (exact) mass is 483 g/mol. The van der Waals surface area contributed by atoms with E-state index in [0.717, 1.165) is 22.6 Å². The number of para-hydroxylation sites is 1. The van der Waals surface area contributed by atoms with Gasteiger partial charge in [-0.05, 0) is 49.6 Å².